The van der Waals surface area contributed by atoms with Gasteiger partial charge in [-0.2, -0.15) is 5.10 Å². The van der Waals surface area contributed by atoms with Crippen LogP contribution in [-0.4, -0.2) is 34.4 Å². The number of carbonyl (C=O) groups is 1. The number of aromatic nitrogens is 2. The molecule has 2 aromatic carbocycles. The second-order valence-electron chi connectivity index (χ2n) is 6.16. The fourth-order valence-electron chi connectivity index (χ4n) is 3.33. The largest absolute Gasteiger partial charge is 0.325 e. The van der Waals surface area contributed by atoms with Gasteiger partial charge in [0.1, 0.15) is 12.4 Å². The molecule has 0 unspecified atom stereocenters. The summed E-state index contributed by atoms with van der Waals surface area (Å²) in [5.74, 6) is -0.334. The lowest BCUT2D eigenvalue weighted by Gasteiger charge is -2.16. The number of ketones is 1. The normalized spacial score (nSPS) is 13.5. The van der Waals surface area contributed by atoms with Crippen molar-refractivity contribution >= 4 is 11.5 Å². The Labute approximate surface area is 150 Å². The first-order valence-electron chi connectivity index (χ1n) is 8.28. The van der Waals surface area contributed by atoms with Crippen LogP contribution in [0.2, 0.25) is 0 Å². The lowest BCUT2D eigenvalue weighted by molar-refractivity contribution is 0.1000. The molecule has 6 heteroatoms. The standard InChI is InChI=1S/C20H17FN4O/c1-25-20(14-4-2-3-5-17(14)21)16(10-24-25)12-6-7-13-15(8-12)18(9-22)23-11-19(13)26/h2-8,10H,9,11,22H2,1H3. The molecule has 1 aromatic heterocycles. The predicted molar refractivity (Wildman–Crippen MR) is 98.8 cm³/mol. The SMILES string of the molecule is Cn1ncc(-c2ccc3c(c2)C(CN)=NCC3=O)c1-c1ccccc1F. The van der Waals surface area contributed by atoms with E-state index in [1.165, 1.54) is 6.07 Å². The quantitative estimate of drug-likeness (QED) is 0.791. The number of Topliss-reactive ketones (excluding diaryl/α,β-unsaturated/α-hetero) is 1. The monoisotopic (exact) mass is 348 g/mol. The highest BCUT2D eigenvalue weighted by atomic mass is 19.1. The first kappa shape index (κ1) is 16.4. The Morgan fingerprint density at radius 1 is 1.12 bits per heavy atom. The molecule has 0 radical (unpaired) electrons. The molecule has 130 valence electrons. The molecule has 0 atom stereocenters. The van der Waals surface area contributed by atoms with E-state index in [4.69, 9.17) is 5.73 Å². The van der Waals surface area contributed by atoms with Crippen molar-refractivity contribution in [1.29, 1.82) is 0 Å². The summed E-state index contributed by atoms with van der Waals surface area (Å²) in [6, 6.07) is 12.1. The predicted octanol–water partition coefficient (Wildman–Crippen LogP) is 2.84. The highest BCUT2D eigenvalue weighted by Gasteiger charge is 2.22. The van der Waals surface area contributed by atoms with E-state index in [-0.39, 0.29) is 24.7 Å². The highest BCUT2D eigenvalue weighted by molar-refractivity contribution is 6.16. The minimum absolute atomic E-state index is 0.0238. The minimum Gasteiger partial charge on any atom is -0.325 e. The van der Waals surface area contributed by atoms with Crippen LogP contribution < -0.4 is 5.73 Å². The minimum atomic E-state index is -0.310. The molecule has 1 aliphatic rings. The summed E-state index contributed by atoms with van der Waals surface area (Å²) in [7, 11) is 1.78. The van der Waals surface area contributed by atoms with E-state index >= 15 is 0 Å². The smallest absolute Gasteiger partial charge is 0.184 e. The second-order valence-corrected chi connectivity index (χ2v) is 6.16. The van der Waals surface area contributed by atoms with Gasteiger partial charge in [-0.15, -0.1) is 0 Å². The Balaban J connectivity index is 1.90. The Bertz CT molecular complexity index is 1050. The van der Waals surface area contributed by atoms with Crippen molar-refractivity contribution in [1.82, 2.24) is 9.78 Å². The number of nitrogens with zero attached hydrogens (tertiary/aromatic N) is 3. The molecular formula is C20H17FN4O. The molecule has 1 aliphatic heterocycles. The lowest BCUT2D eigenvalue weighted by Crippen LogP contribution is -2.24. The van der Waals surface area contributed by atoms with Gasteiger partial charge < -0.3 is 5.73 Å². The van der Waals surface area contributed by atoms with E-state index in [1.807, 2.05) is 12.1 Å². The number of nitrogens with two attached hydrogens (primary N) is 1. The molecule has 2 heterocycles. The van der Waals surface area contributed by atoms with Crippen LogP contribution in [0.1, 0.15) is 15.9 Å². The van der Waals surface area contributed by atoms with Crippen molar-refractivity contribution < 1.29 is 9.18 Å². The molecule has 26 heavy (non-hydrogen) atoms. The number of carbonyl (C=O) groups excluding carboxylic acids is 1. The van der Waals surface area contributed by atoms with E-state index in [0.717, 1.165) is 16.7 Å². The lowest BCUT2D eigenvalue weighted by atomic mass is 9.91. The van der Waals surface area contributed by atoms with Crippen LogP contribution in [0.4, 0.5) is 4.39 Å². The van der Waals surface area contributed by atoms with Crippen LogP contribution in [0.25, 0.3) is 22.4 Å². The Kier molecular flexibility index (Phi) is 3.97. The summed E-state index contributed by atoms with van der Waals surface area (Å²) in [5.41, 5.74) is 10.6. The number of hydrogen-bond acceptors (Lipinski definition) is 4. The van der Waals surface area contributed by atoms with E-state index < -0.39 is 0 Å². The van der Waals surface area contributed by atoms with Gasteiger partial charge in [-0.25, -0.2) is 4.39 Å². The first-order valence-corrected chi connectivity index (χ1v) is 8.28. The number of rotatable bonds is 3. The Morgan fingerprint density at radius 2 is 1.92 bits per heavy atom. The second kappa shape index (κ2) is 6.31. The van der Waals surface area contributed by atoms with Crippen LogP contribution in [0.5, 0.6) is 0 Å². The van der Waals surface area contributed by atoms with Crippen molar-refractivity contribution in [3.05, 3.63) is 65.6 Å². The number of halogens is 1. The molecule has 3 aromatic rings. The molecule has 0 saturated heterocycles. The summed E-state index contributed by atoms with van der Waals surface area (Å²) in [4.78, 5) is 16.4. The van der Waals surface area contributed by atoms with Crippen molar-refractivity contribution in [2.45, 2.75) is 0 Å². The molecule has 0 bridgehead atoms. The van der Waals surface area contributed by atoms with Gasteiger partial charge in [0.05, 0.1) is 17.6 Å². The van der Waals surface area contributed by atoms with Crippen molar-refractivity contribution in [3.63, 3.8) is 0 Å². The Hall–Kier alpha value is -3.12. The van der Waals surface area contributed by atoms with Crippen LogP contribution >= 0.6 is 0 Å². The van der Waals surface area contributed by atoms with Crippen LogP contribution in [0, 0.1) is 5.82 Å². The van der Waals surface area contributed by atoms with Gasteiger partial charge in [0.25, 0.3) is 0 Å². The summed E-state index contributed by atoms with van der Waals surface area (Å²) >= 11 is 0. The number of aryl methyl sites for hydroxylation is 1. The van der Waals surface area contributed by atoms with Gasteiger partial charge in [0.2, 0.25) is 0 Å². The van der Waals surface area contributed by atoms with Gasteiger partial charge in [-0.05, 0) is 23.8 Å². The molecule has 0 aliphatic carbocycles. The molecule has 2 N–H and O–H groups in total. The van der Waals surface area contributed by atoms with Gasteiger partial charge in [0.15, 0.2) is 5.78 Å². The van der Waals surface area contributed by atoms with Crippen LogP contribution in [-0.2, 0) is 7.05 Å². The zero-order valence-electron chi connectivity index (χ0n) is 14.2. The van der Waals surface area contributed by atoms with Gasteiger partial charge in [-0.1, -0.05) is 24.3 Å². The van der Waals surface area contributed by atoms with E-state index in [9.17, 15) is 9.18 Å². The topological polar surface area (TPSA) is 73.3 Å². The highest BCUT2D eigenvalue weighted by Crippen LogP contribution is 2.34. The zero-order valence-corrected chi connectivity index (χ0v) is 14.2. The maximum absolute atomic E-state index is 14.3. The van der Waals surface area contributed by atoms with Gasteiger partial charge in [-0.3, -0.25) is 14.5 Å². The van der Waals surface area contributed by atoms with Gasteiger partial charge >= 0.3 is 0 Å². The first-order chi connectivity index (χ1) is 12.6. The number of benzene rings is 2. The van der Waals surface area contributed by atoms with Crippen molar-refractivity contribution in [2.75, 3.05) is 13.1 Å². The zero-order chi connectivity index (χ0) is 18.3. The molecule has 4 rings (SSSR count). The van der Waals surface area contributed by atoms with Crippen molar-refractivity contribution in [2.24, 2.45) is 17.8 Å². The Morgan fingerprint density at radius 3 is 2.69 bits per heavy atom. The van der Waals surface area contributed by atoms with Gasteiger partial charge in [0, 0.05) is 35.8 Å². The average Bonchev–Trinajstić information content (AvgIpc) is 3.03. The third-order valence-electron chi connectivity index (χ3n) is 4.62. The van der Waals surface area contributed by atoms with Crippen LogP contribution in [0.3, 0.4) is 0 Å². The molecule has 0 fully saturated rings. The molecule has 0 amide bonds. The summed E-state index contributed by atoms with van der Waals surface area (Å²) in [6.07, 6.45) is 1.70. The summed E-state index contributed by atoms with van der Waals surface area (Å²) < 4.78 is 16.0. The van der Waals surface area contributed by atoms with Crippen LogP contribution in [0.15, 0.2) is 53.7 Å². The van der Waals surface area contributed by atoms with E-state index in [0.29, 0.717) is 22.5 Å². The van der Waals surface area contributed by atoms with E-state index in [1.54, 1.807) is 42.2 Å². The number of fused-ring (bicyclic) bond motifs is 1. The molecule has 0 saturated carbocycles. The molecule has 5 nitrogen and oxygen atoms in total. The fraction of sp³-hybridized carbons (Fsp3) is 0.150. The molecular weight excluding hydrogens is 331 g/mol. The summed E-state index contributed by atoms with van der Waals surface area (Å²) in [5, 5.41) is 4.30. The van der Waals surface area contributed by atoms with E-state index in [2.05, 4.69) is 10.1 Å². The van der Waals surface area contributed by atoms with Crippen molar-refractivity contribution in [3.8, 4) is 22.4 Å². The molecule has 0 spiro atoms. The fourth-order valence-corrected chi connectivity index (χ4v) is 3.33. The number of aliphatic imine (C=N–C) groups is 1. The maximum atomic E-state index is 14.3. The third-order valence-corrected chi connectivity index (χ3v) is 4.62. The number of hydrogen-bond donors (Lipinski definition) is 1. The summed E-state index contributed by atoms with van der Waals surface area (Å²) in [6.45, 7) is 0.392. The average molecular weight is 348 g/mol. The maximum Gasteiger partial charge on any atom is 0.184 e. The third kappa shape index (κ3) is 2.55.